The Labute approximate surface area is 119 Å². The highest BCUT2D eigenvalue weighted by molar-refractivity contribution is 7.91. The van der Waals surface area contributed by atoms with E-state index >= 15 is 0 Å². The lowest BCUT2D eigenvalue weighted by atomic mass is 10.2. The van der Waals surface area contributed by atoms with E-state index in [1.807, 2.05) is 6.07 Å². The van der Waals surface area contributed by atoms with E-state index in [-0.39, 0.29) is 29.5 Å². The first-order valence-corrected chi connectivity index (χ1v) is 9.57. The van der Waals surface area contributed by atoms with Crippen LogP contribution < -0.4 is 5.32 Å². The van der Waals surface area contributed by atoms with Crippen molar-refractivity contribution in [3.8, 4) is 6.07 Å². The summed E-state index contributed by atoms with van der Waals surface area (Å²) in [4.78, 5) is 0.154. The van der Waals surface area contributed by atoms with Crippen molar-refractivity contribution in [1.82, 2.24) is 5.32 Å². The van der Waals surface area contributed by atoms with Gasteiger partial charge in [0.15, 0.2) is 9.84 Å². The Balaban J connectivity index is 2.51. The zero-order valence-corrected chi connectivity index (χ0v) is 12.7. The summed E-state index contributed by atoms with van der Waals surface area (Å²) in [6, 6.07) is 7.60. The maximum absolute atomic E-state index is 12.0. The van der Waals surface area contributed by atoms with Crippen LogP contribution in [0, 0.1) is 11.3 Å². The van der Waals surface area contributed by atoms with Gasteiger partial charge in [-0.05, 0) is 24.3 Å². The van der Waals surface area contributed by atoms with E-state index in [4.69, 9.17) is 5.26 Å². The number of hydrogen-bond acceptors (Lipinski definition) is 6. The summed E-state index contributed by atoms with van der Waals surface area (Å²) in [6.45, 7) is 0.402. The van der Waals surface area contributed by atoms with Crippen molar-refractivity contribution in [1.29, 1.82) is 5.26 Å². The van der Waals surface area contributed by atoms with Gasteiger partial charge in [0.05, 0.1) is 28.0 Å². The summed E-state index contributed by atoms with van der Waals surface area (Å²) in [5, 5.41) is 11.4. The molecule has 1 rings (SSSR count). The van der Waals surface area contributed by atoms with Gasteiger partial charge in [0.1, 0.15) is 9.84 Å². The number of benzene rings is 1. The number of sulfone groups is 2. The number of rotatable bonds is 7. The van der Waals surface area contributed by atoms with Crippen molar-refractivity contribution in [2.24, 2.45) is 0 Å². The second kappa shape index (κ2) is 6.83. The molecule has 0 atom stereocenters. The number of nitrogens with one attached hydrogen (secondary N) is 1. The first kappa shape index (κ1) is 16.6. The van der Waals surface area contributed by atoms with Gasteiger partial charge in [0, 0.05) is 19.3 Å². The van der Waals surface area contributed by atoms with Gasteiger partial charge in [-0.15, -0.1) is 0 Å². The third-order valence-corrected chi connectivity index (χ3v) is 5.22. The molecule has 0 aromatic heterocycles. The largest absolute Gasteiger partial charge is 0.315 e. The minimum atomic E-state index is -3.42. The molecule has 110 valence electrons. The van der Waals surface area contributed by atoms with Crippen molar-refractivity contribution < 1.29 is 16.8 Å². The van der Waals surface area contributed by atoms with Crippen LogP contribution in [0.15, 0.2) is 29.2 Å². The smallest absolute Gasteiger partial charge is 0.179 e. The van der Waals surface area contributed by atoms with Crippen LogP contribution in [0.2, 0.25) is 0 Å². The summed E-state index contributed by atoms with van der Waals surface area (Å²) >= 11 is 0. The SMILES string of the molecule is CS(=O)(=O)CCNCCS(=O)(=O)c1ccc(C#N)cc1. The molecule has 0 bridgehead atoms. The third kappa shape index (κ3) is 5.69. The standard InChI is InChI=1S/C12H16N2O4S2/c1-19(15,16)8-6-14-7-9-20(17,18)12-4-2-11(10-13)3-5-12/h2-5,14H,6-9H2,1H3. The van der Waals surface area contributed by atoms with Crippen LogP contribution in [-0.2, 0) is 19.7 Å². The lowest BCUT2D eigenvalue weighted by Crippen LogP contribution is -2.27. The molecule has 0 heterocycles. The van der Waals surface area contributed by atoms with Gasteiger partial charge in [-0.25, -0.2) is 16.8 Å². The molecule has 1 aromatic rings. The van der Waals surface area contributed by atoms with Crippen molar-refractivity contribution in [3.05, 3.63) is 29.8 Å². The van der Waals surface area contributed by atoms with E-state index in [2.05, 4.69) is 5.32 Å². The first-order chi connectivity index (χ1) is 9.24. The van der Waals surface area contributed by atoms with Gasteiger partial charge < -0.3 is 5.32 Å². The maximum atomic E-state index is 12.0. The zero-order chi connectivity index (χ0) is 15.2. The first-order valence-electron chi connectivity index (χ1n) is 5.86. The average Bonchev–Trinajstić information content (AvgIpc) is 2.37. The Kier molecular flexibility index (Phi) is 5.68. The highest BCUT2D eigenvalue weighted by Gasteiger charge is 2.13. The summed E-state index contributed by atoms with van der Waals surface area (Å²) in [5.74, 6) is -0.146. The predicted molar refractivity (Wildman–Crippen MR) is 75.8 cm³/mol. The molecule has 6 nitrogen and oxygen atoms in total. The monoisotopic (exact) mass is 316 g/mol. The highest BCUT2D eigenvalue weighted by atomic mass is 32.2. The zero-order valence-electron chi connectivity index (χ0n) is 11.0. The van der Waals surface area contributed by atoms with E-state index in [0.717, 1.165) is 6.26 Å². The molecule has 20 heavy (non-hydrogen) atoms. The molecule has 0 aliphatic rings. The van der Waals surface area contributed by atoms with Crippen LogP contribution in [0.1, 0.15) is 5.56 Å². The third-order valence-electron chi connectivity index (χ3n) is 2.54. The number of nitrogens with zero attached hydrogens (tertiary/aromatic N) is 1. The van der Waals surface area contributed by atoms with Crippen LogP contribution in [0.3, 0.4) is 0 Å². The Morgan fingerprint density at radius 1 is 1.05 bits per heavy atom. The van der Waals surface area contributed by atoms with Crippen LogP contribution >= 0.6 is 0 Å². The number of hydrogen-bond donors (Lipinski definition) is 1. The Bertz CT molecular complexity index is 686. The normalized spacial score (nSPS) is 12.0. The molecular formula is C12H16N2O4S2. The quantitative estimate of drug-likeness (QED) is 0.708. The fraction of sp³-hybridized carbons (Fsp3) is 0.417. The number of nitriles is 1. The molecule has 0 aliphatic heterocycles. The summed E-state index contributed by atoms with van der Waals surface area (Å²) in [5.41, 5.74) is 0.398. The molecule has 0 unspecified atom stereocenters. The van der Waals surface area contributed by atoms with Gasteiger partial charge in [0.2, 0.25) is 0 Å². The van der Waals surface area contributed by atoms with E-state index in [0.29, 0.717) is 5.56 Å². The molecule has 1 N–H and O–H groups in total. The molecule has 0 radical (unpaired) electrons. The van der Waals surface area contributed by atoms with Crippen LogP contribution in [0.25, 0.3) is 0 Å². The fourth-order valence-electron chi connectivity index (χ4n) is 1.44. The lowest BCUT2D eigenvalue weighted by molar-refractivity contribution is 0.590. The molecule has 0 saturated carbocycles. The predicted octanol–water partition coefficient (Wildman–Crippen LogP) is -0.0338. The second-order valence-corrected chi connectivity index (χ2v) is 8.70. The fourth-order valence-corrected chi connectivity index (χ4v) is 3.16. The van der Waals surface area contributed by atoms with E-state index < -0.39 is 19.7 Å². The molecule has 0 saturated heterocycles. The second-order valence-electron chi connectivity index (χ2n) is 4.33. The van der Waals surface area contributed by atoms with Gasteiger partial charge in [-0.3, -0.25) is 0 Å². The lowest BCUT2D eigenvalue weighted by Gasteiger charge is -2.06. The molecule has 0 spiro atoms. The summed E-state index contributed by atoms with van der Waals surface area (Å²) in [6.07, 6.45) is 1.13. The van der Waals surface area contributed by atoms with Gasteiger partial charge in [-0.2, -0.15) is 5.26 Å². The Morgan fingerprint density at radius 3 is 2.10 bits per heavy atom. The summed E-state index contributed by atoms with van der Waals surface area (Å²) < 4.78 is 45.7. The van der Waals surface area contributed by atoms with Crippen LogP contribution in [-0.4, -0.2) is 47.7 Å². The van der Waals surface area contributed by atoms with Gasteiger partial charge in [-0.1, -0.05) is 0 Å². The van der Waals surface area contributed by atoms with Crippen molar-refractivity contribution in [3.63, 3.8) is 0 Å². The minimum Gasteiger partial charge on any atom is -0.315 e. The van der Waals surface area contributed by atoms with E-state index in [9.17, 15) is 16.8 Å². The Morgan fingerprint density at radius 2 is 1.60 bits per heavy atom. The summed E-state index contributed by atoms with van der Waals surface area (Å²) in [7, 11) is -6.47. The molecule has 0 fully saturated rings. The van der Waals surface area contributed by atoms with Gasteiger partial charge >= 0.3 is 0 Å². The Hall–Kier alpha value is -1.43. The van der Waals surface area contributed by atoms with Gasteiger partial charge in [0.25, 0.3) is 0 Å². The molecular weight excluding hydrogens is 300 g/mol. The van der Waals surface area contributed by atoms with Crippen LogP contribution in [0.5, 0.6) is 0 Å². The van der Waals surface area contributed by atoms with E-state index in [1.54, 1.807) is 0 Å². The van der Waals surface area contributed by atoms with Crippen molar-refractivity contribution in [2.45, 2.75) is 4.90 Å². The minimum absolute atomic E-state index is 0.0239. The van der Waals surface area contributed by atoms with Crippen molar-refractivity contribution in [2.75, 3.05) is 30.9 Å². The molecule has 0 aliphatic carbocycles. The molecule has 0 amide bonds. The molecule has 8 heteroatoms. The topological polar surface area (TPSA) is 104 Å². The maximum Gasteiger partial charge on any atom is 0.179 e. The highest BCUT2D eigenvalue weighted by Crippen LogP contribution is 2.11. The van der Waals surface area contributed by atoms with E-state index in [1.165, 1.54) is 24.3 Å². The average molecular weight is 316 g/mol. The molecule has 1 aromatic carbocycles. The van der Waals surface area contributed by atoms with Crippen LogP contribution in [0.4, 0.5) is 0 Å². The van der Waals surface area contributed by atoms with Crippen molar-refractivity contribution >= 4 is 19.7 Å².